The fourth-order valence-electron chi connectivity index (χ4n) is 1.67. The van der Waals surface area contributed by atoms with E-state index in [1.165, 1.54) is 17.8 Å². The quantitative estimate of drug-likeness (QED) is 0.604. The van der Waals surface area contributed by atoms with E-state index in [0.29, 0.717) is 23.4 Å². The number of nitrogens with zero attached hydrogens (tertiary/aromatic N) is 3. The van der Waals surface area contributed by atoms with Crippen molar-refractivity contribution in [3.05, 3.63) is 46.5 Å². The van der Waals surface area contributed by atoms with Gasteiger partial charge in [-0.1, -0.05) is 17.8 Å². The first-order valence-corrected chi connectivity index (χ1v) is 7.50. The smallest absolute Gasteiger partial charge is 0.273 e. The van der Waals surface area contributed by atoms with Gasteiger partial charge in [-0.25, -0.2) is 4.98 Å². The molecule has 0 bridgehead atoms. The molecule has 0 amide bonds. The van der Waals surface area contributed by atoms with Crippen LogP contribution in [0.2, 0.25) is 0 Å². The molecule has 0 spiro atoms. The molecule has 20 heavy (non-hydrogen) atoms. The maximum Gasteiger partial charge on any atom is 0.273 e. The largest absolute Gasteiger partial charge is 0.478 e. The highest BCUT2D eigenvalue weighted by Crippen LogP contribution is 2.20. The molecule has 0 atom stereocenters. The van der Waals surface area contributed by atoms with Crippen LogP contribution in [0.15, 0.2) is 40.4 Å². The second-order valence-corrected chi connectivity index (χ2v) is 4.97. The zero-order valence-corrected chi connectivity index (χ0v) is 12.4. The highest BCUT2D eigenvalue weighted by molar-refractivity contribution is 7.98. The molecule has 0 aliphatic heterocycles. The van der Waals surface area contributed by atoms with Crippen LogP contribution in [-0.2, 0) is 12.3 Å². The average Bonchev–Trinajstić information content (AvgIpc) is 2.46. The molecule has 2 aromatic rings. The van der Waals surface area contributed by atoms with Gasteiger partial charge in [0, 0.05) is 30.6 Å². The lowest BCUT2D eigenvalue weighted by Crippen LogP contribution is -2.12. The van der Waals surface area contributed by atoms with Gasteiger partial charge in [-0.15, -0.1) is 0 Å². The zero-order chi connectivity index (χ0) is 14.4. The fraction of sp³-hybridized carbons (Fsp3) is 0.357. The summed E-state index contributed by atoms with van der Waals surface area (Å²) in [6.45, 7) is 5.32. The Morgan fingerprint density at radius 3 is 2.85 bits per heavy atom. The van der Waals surface area contributed by atoms with Crippen LogP contribution in [0.3, 0.4) is 0 Å². The molecule has 0 radical (unpaired) electrons. The first kappa shape index (κ1) is 14.6. The number of hydrogen-bond donors (Lipinski definition) is 0. The minimum absolute atomic E-state index is 0.215. The standard InChI is InChI=1S/C14H17N3O2S/c1-3-17-9-8-12(18)16-14(17)20-10-11-6-5-7-13(15-11)19-4-2/h5-9H,3-4,10H2,1-2H3. The molecule has 0 aliphatic carbocycles. The molecule has 0 N–H and O–H groups in total. The Balaban J connectivity index is 2.10. The molecule has 0 fully saturated rings. The summed E-state index contributed by atoms with van der Waals surface area (Å²) in [7, 11) is 0. The second kappa shape index (κ2) is 7.09. The van der Waals surface area contributed by atoms with Crippen molar-refractivity contribution in [1.29, 1.82) is 0 Å². The Kier molecular flexibility index (Phi) is 5.17. The third-order valence-corrected chi connectivity index (χ3v) is 3.64. The molecule has 0 unspecified atom stereocenters. The summed E-state index contributed by atoms with van der Waals surface area (Å²) in [5, 5.41) is 0.712. The summed E-state index contributed by atoms with van der Waals surface area (Å²) in [6.07, 6.45) is 1.77. The topological polar surface area (TPSA) is 57.0 Å². The van der Waals surface area contributed by atoms with E-state index in [2.05, 4.69) is 9.97 Å². The van der Waals surface area contributed by atoms with Crippen LogP contribution < -0.4 is 10.3 Å². The molecule has 2 rings (SSSR count). The van der Waals surface area contributed by atoms with E-state index in [9.17, 15) is 4.79 Å². The summed E-state index contributed by atoms with van der Waals surface area (Å²) < 4.78 is 7.31. The lowest BCUT2D eigenvalue weighted by molar-refractivity contribution is 0.326. The van der Waals surface area contributed by atoms with Crippen molar-refractivity contribution in [3.63, 3.8) is 0 Å². The lowest BCUT2D eigenvalue weighted by Gasteiger charge is -2.09. The summed E-state index contributed by atoms with van der Waals surface area (Å²) in [5.41, 5.74) is 0.690. The van der Waals surface area contributed by atoms with Crippen molar-refractivity contribution in [2.45, 2.75) is 31.3 Å². The van der Waals surface area contributed by atoms with Gasteiger partial charge in [0.15, 0.2) is 5.16 Å². The molecule has 0 aliphatic rings. The Labute approximate surface area is 122 Å². The number of ether oxygens (including phenoxy) is 1. The number of aromatic nitrogens is 3. The van der Waals surface area contributed by atoms with Crippen LogP contribution in [0.5, 0.6) is 5.88 Å². The second-order valence-electron chi connectivity index (χ2n) is 4.02. The number of aryl methyl sites for hydroxylation is 1. The maximum atomic E-state index is 11.3. The molecule has 0 saturated heterocycles. The van der Waals surface area contributed by atoms with E-state index >= 15 is 0 Å². The minimum Gasteiger partial charge on any atom is -0.478 e. The third kappa shape index (κ3) is 3.84. The van der Waals surface area contributed by atoms with Crippen LogP contribution >= 0.6 is 11.8 Å². The van der Waals surface area contributed by atoms with Crippen LogP contribution in [0.25, 0.3) is 0 Å². The molecular weight excluding hydrogens is 274 g/mol. The molecule has 0 saturated carbocycles. The van der Waals surface area contributed by atoms with Gasteiger partial charge in [-0.2, -0.15) is 4.98 Å². The van der Waals surface area contributed by atoms with Crippen molar-refractivity contribution in [1.82, 2.24) is 14.5 Å². The van der Waals surface area contributed by atoms with Gasteiger partial charge >= 0.3 is 0 Å². The maximum absolute atomic E-state index is 11.3. The number of hydrogen-bond acceptors (Lipinski definition) is 5. The van der Waals surface area contributed by atoms with Gasteiger partial charge in [0.1, 0.15) is 0 Å². The van der Waals surface area contributed by atoms with Crippen molar-refractivity contribution < 1.29 is 4.74 Å². The molecule has 0 aromatic carbocycles. The van der Waals surface area contributed by atoms with Gasteiger partial charge in [0.05, 0.1) is 12.3 Å². The van der Waals surface area contributed by atoms with Gasteiger partial charge in [0.2, 0.25) is 5.88 Å². The Morgan fingerprint density at radius 2 is 2.10 bits per heavy atom. The van der Waals surface area contributed by atoms with Crippen molar-refractivity contribution >= 4 is 11.8 Å². The summed E-state index contributed by atoms with van der Waals surface area (Å²) in [5.74, 6) is 1.27. The van der Waals surface area contributed by atoms with Crippen LogP contribution in [-0.4, -0.2) is 21.1 Å². The van der Waals surface area contributed by atoms with E-state index in [4.69, 9.17) is 4.74 Å². The van der Waals surface area contributed by atoms with E-state index in [0.717, 1.165) is 12.2 Å². The third-order valence-electron chi connectivity index (χ3n) is 2.61. The molecule has 6 heteroatoms. The van der Waals surface area contributed by atoms with Gasteiger partial charge in [-0.3, -0.25) is 4.79 Å². The average molecular weight is 291 g/mol. The van der Waals surface area contributed by atoms with Gasteiger partial charge in [0.25, 0.3) is 5.56 Å². The number of pyridine rings is 1. The van der Waals surface area contributed by atoms with Crippen molar-refractivity contribution in [3.8, 4) is 5.88 Å². The normalized spacial score (nSPS) is 10.5. The Morgan fingerprint density at radius 1 is 1.25 bits per heavy atom. The van der Waals surface area contributed by atoms with Crippen molar-refractivity contribution in [2.24, 2.45) is 0 Å². The highest BCUT2D eigenvalue weighted by Gasteiger charge is 2.05. The first-order chi connectivity index (χ1) is 9.72. The summed E-state index contributed by atoms with van der Waals surface area (Å²) >= 11 is 1.50. The van der Waals surface area contributed by atoms with Crippen molar-refractivity contribution in [2.75, 3.05) is 6.61 Å². The molecule has 5 nitrogen and oxygen atoms in total. The van der Waals surface area contributed by atoms with E-state index < -0.39 is 0 Å². The number of rotatable bonds is 6. The van der Waals surface area contributed by atoms with E-state index in [1.807, 2.05) is 36.6 Å². The first-order valence-electron chi connectivity index (χ1n) is 6.52. The van der Waals surface area contributed by atoms with Crippen LogP contribution in [0.1, 0.15) is 19.5 Å². The minimum atomic E-state index is -0.215. The number of thioether (sulfide) groups is 1. The Hall–Kier alpha value is -1.82. The SMILES string of the molecule is CCOc1cccc(CSc2nc(=O)ccn2CC)n1. The predicted octanol–water partition coefficient (Wildman–Crippen LogP) is 2.35. The molecule has 2 aromatic heterocycles. The highest BCUT2D eigenvalue weighted by atomic mass is 32.2. The zero-order valence-electron chi connectivity index (χ0n) is 11.6. The van der Waals surface area contributed by atoms with Crippen LogP contribution in [0.4, 0.5) is 0 Å². The Bertz CT molecular complexity index is 628. The van der Waals surface area contributed by atoms with Gasteiger partial charge in [-0.05, 0) is 19.9 Å². The van der Waals surface area contributed by atoms with E-state index in [1.54, 1.807) is 6.20 Å². The predicted molar refractivity (Wildman–Crippen MR) is 79.1 cm³/mol. The fourth-order valence-corrected chi connectivity index (χ4v) is 2.62. The summed E-state index contributed by atoms with van der Waals surface area (Å²) in [6, 6.07) is 7.16. The van der Waals surface area contributed by atoms with Gasteiger partial charge < -0.3 is 9.30 Å². The molecular formula is C14H17N3O2S. The van der Waals surface area contributed by atoms with E-state index in [-0.39, 0.29) is 5.56 Å². The summed E-state index contributed by atoms with van der Waals surface area (Å²) in [4.78, 5) is 19.8. The molecule has 2 heterocycles. The lowest BCUT2D eigenvalue weighted by atomic mass is 10.4. The van der Waals surface area contributed by atoms with Crippen LogP contribution in [0, 0.1) is 0 Å². The monoisotopic (exact) mass is 291 g/mol. The molecule has 106 valence electrons.